The molecule has 0 aliphatic heterocycles. The molecular formula is C20H12N4. The van der Waals surface area contributed by atoms with Crippen LogP contribution in [-0.4, -0.2) is 18.8 Å². The number of para-hydroxylation sites is 5. The molecule has 0 saturated carbocycles. The molecule has 6 rings (SSSR count). The number of benzene rings is 3. The summed E-state index contributed by atoms with van der Waals surface area (Å²) in [7, 11) is 0. The highest BCUT2D eigenvalue weighted by atomic mass is 15.2. The summed E-state index contributed by atoms with van der Waals surface area (Å²) in [6.45, 7) is 0. The summed E-state index contributed by atoms with van der Waals surface area (Å²) in [4.78, 5) is 9.78. The molecule has 3 aromatic heterocycles. The minimum Gasteiger partial charge on any atom is -0.277 e. The third-order valence-electron chi connectivity index (χ3n) is 4.69. The molecule has 0 unspecified atom stereocenters. The first-order valence-electron chi connectivity index (χ1n) is 7.97. The average Bonchev–Trinajstić information content (AvgIpc) is 3.20. The highest BCUT2D eigenvalue weighted by Gasteiger charge is 2.16. The summed E-state index contributed by atoms with van der Waals surface area (Å²) in [5.41, 5.74) is 6.26. The van der Waals surface area contributed by atoms with Crippen LogP contribution in [0.2, 0.25) is 0 Å². The summed E-state index contributed by atoms with van der Waals surface area (Å²) in [5.74, 6) is 0.901. The number of fused-ring (bicyclic) bond motifs is 10. The van der Waals surface area contributed by atoms with Crippen LogP contribution < -0.4 is 0 Å². The highest BCUT2D eigenvalue weighted by molar-refractivity contribution is 6.01. The second-order valence-electron chi connectivity index (χ2n) is 6.01. The quantitative estimate of drug-likeness (QED) is 0.416. The molecule has 0 N–H and O–H groups in total. The molecule has 3 aromatic carbocycles. The lowest BCUT2D eigenvalue weighted by atomic mass is 10.2. The van der Waals surface area contributed by atoms with E-state index >= 15 is 0 Å². The van der Waals surface area contributed by atoms with Gasteiger partial charge in [-0.2, -0.15) is 0 Å². The van der Waals surface area contributed by atoms with Gasteiger partial charge in [-0.25, -0.2) is 9.97 Å². The standard InChI is InChI=1S/C20H12N4/c1-4-10-16-13(7-1)19-21-14-8-2-6-12-18(14)24(19)20-22-15-9-3-5-11-17(15)23(16)20/h1-12H. The van der Waals surface area contributed by atoms with Gasteiger partial charge in [0.2, 0.25) is 5.78 Å². The van der Waals surface area contributed by atoms with E-state index in [-0.39, 0.29) is 0 Å². The van der Waals surface area contributed by atoms with E-state index in [1.165, 1.54) is 0 Å². The van der Waals surface area contributed by atoms with Gasteiger partial charge in [0.05, 0.1) is 27.6 Å². The number of hydrogen-bond acceptors (Lipinski definition) is 2. The van der Waals surface area contributed by atoms with Crippen LogP contribution in [0.25, 0.3) is 44.4 Å². The van der Waals surface area contributed by atoms with E-state index in [1.807, 2.05) is 18.2 Å². The maximum Gasteiger partial charge on any atom is 0.221 e. The fourth-order valence-electron chi connectivity index (χ4n) is 3.67. The molecule has 4 nitrogen and oxygen atoms in total. The number of nitrogens with zero attached hydrogens (tertiary/aromatic N) is 4. The van der Waals surface area contributed by atoms with E-state index in [1.54, 1.807) is 0 Å². The average molecular weight is 308 g/mol. The summed E-state index contributed by atoms with van der Waals surface area (Å²) < 4.78 is 4.39. The van der Waals surface area contributed by atoms with Crippen LogP contribution in [0.1, 0.15) is 0 Å². The zero-order valence-corrected chi connectivity index (χ0v) is 12.7. The van der Waals surface area contributed by atoms with Crippen molar-refractivity contribution in [2.75, 3.05) is 0 Å². The van der Waals surface area contributed by atoms with Crippen molar-refractivity contribution >= 4 is 44.4 Å². The predicted molar refractivity (Wildman–Crippen MR) is 96.5 cm³/mol. The summed E-state index contributed by atoms with van der Waals surface area (Å²) >= 11 is 0. The lowest BCUT2D eigenvalue weighted by Crippen LogP contribution is -1.97. The smallest absolute Gasteiger partial charge is 0.221 e. The topological polar surface area (TPSA) is 34.6 Å². The van der Waals surface area contributed by atoms with E-state index in [0.29, 0.717) is 0 Å². The van der Waals surface area contributed by atoms with E-state index < -0.39 is 0 Å². The second kappa shape index (κ2) is 4.11. The van der Waals surface area contributed by atoms with E-state index in [0.717, 1.165) is 44.4 Å². The van der Waals surface area contributed by atoms with E-state index in [9.17, 15) is 0 Å². The van der Waals surface area contributed by atoms with Gasteiger partial charge >= 0.3 is 0 Å². The van der Waals surface area contributed by atoms with Gasteiger partial charge in [0.25, 0.3) is 0 Å². The van der Waals surface area contributed by atoms with Crippen LogP contribution in [0.15, 0.2) is 72.8 Å². The van der Waals surface area contributed by atoms with Crippen molar-refractivity contribution in [1.29, 1.82) is 0 Å². The maximum atomic E-state index is 4.90. The fourth-order valence-corrected chi connectivity index (χ4v) is 3.67. The summed E-state index contributed by atoms with van der Waals surface area (Å²) in [5, 5.41) is 1.13. The van der Waals surface area contributed by atoms with Crippen molar-refractivity contribution in [3.8, 4) is 0 Å². The Balaban J connectivity index is 2.08. The van der Waals surface area contributed by atoms with Crippen LogP contribution in [-0.2, 0) is 0 Å². The molecule has 24 heavy (non-hydrogen) atoms. The van der Waals surface area contributed by atoms with Crippen LogP contribution >= 0.6 is 0 Å². The molecule has 0 radical (unpaired) electrons. The zero-order chi connectivity index (χ0) is 15.7. The van der Waals surface area contributed by atoms with Gasteiger partial charge in [0.15, 0.2) is 0 Å². The maximum absolute atomic E-state index is 4.90. The van der Waals surface area contributed by atoms with Gasteiger partial charge < -0.3 is 0 Å². The Morgan fingerprint density at radius 1 is 0.542 bits per heavy atom. The third-order valence-corrected chi connectivity index (χ3v) is 4.69. The molecule has 0 saturated heterocycles. The first-order chi connectivity index (χ1) is 11.9. The SMILES string of the molecule is c1ccc2c(c1)nc1n2c2ccccc2c2nc3ccccc3n21. The molecule has 0 bridgehead atoms. The van der Waals surface area contributed by atoms with Crippen LogP contribution in [0, 0.1) is 0 Å². The molecule has 112 valence electrons. The zero-order valence-electron chi connectivity index (χ0n) is 12.7. The Morgan fingerprint density at radius 3 is 1.92 bits per heavy atom. The largest absolute Gasteiger partial charge is 0.277 e. The minimum absolute atomic E-state index is 0.901. The third kappa shape index (κ3) is 1.34. The monoisotopic (exact) mass is 308 g/mol. The normalized spacial score (nSPS) is 12.2. The van der Waals surface area contributed by atoms with Crippen molar-refractivity contribution in [2.24, 2.45) is 0 Å². The molecule has 0 fully saturated rings. The molecule has 3 heterocycles. The summed E-state index contributed by atoms with van der Waals surface area (Å²) in [6, 6.07) is 24.9. The van der Waals surface area contributed by atoms with Crippen LogP contribution in [0.3, 0.4) is 0 Å². The lowest BCUT2D eigenvalue weighted by Gasteiger charge is -2.06. The van der Waals surface area contributed by atoms with Gasteiger partial charge in [-0.15, -0.1) is 0 Å². The molecule has 0 amide bonds. The molecule has 6 aromatic rings. The number of imidazole rings is 2. The number of rotatable bonds is 0. The predicted octanol–water partition coefficient (Wildman–Crippen LogP) is 4.44. The minimum atomic E-state index is 0.901. The lowest BCUT2D eigenvalue weighted by molar-refractivity contribution is 1.14. The summed E-state index contributed by atoms with van der Waals surface area (Å²) in [6.07, 6.45) is 0. The molecule has 0 aliphatic carbocycles. The molecule has 0 aliphatic rings. The molecule has 0 atom stereocenters. The van der Waals surface area contributed by atoms with Gasteiger partial charge in [0, 0.05) is 5.39 Å². The van der Waals surface area contributed by atoms with Crippen molar-refractivity contribution in [2.45, 2.75) is 0 Å². The second-order valence-corrected chi connectivity index (χ2v) is 6.01. The van der Waals surface area contributed by atoms with Gasteiger partial charge in [-0.05, 0) is 36.4 Å². The van der Waals surface area contributed by atoms with Gasteiger partial charge in [0.1, 0.15) is 5.65 Å². The van der Waals surface area contributed by atoms with Gasteiger partial charge in [-0.3, -0.25) is 8.80 Å². The Bertz CT molecular complexity index is 1410. The van der Waals surface area contributed by atoms with Gasteiger partial charge in [-0.1, -0.05) is 36.4 Å². The Kier molecular flexibility index (Phi) is 2.07. The number of hydrogen-bond donors (Lipinski definition) is 0. The van der Waals surface area contributed by atoms with Crippen LogP contribution in [0.4, 0.5) is 0 Å². The van der Waals surface area contributed by atoms with Crippen molar-refractivity contribution < 1.29 is 0 Å². The Labute approximate surface area is 136 Å². The molecule has 0 spiro atoms. The highest BCUT2D eigenvalue weighted by Crippen LogP contribution is 2.29. The van der Waals surface area contributed by atoms with E-state index in [4.69, 9.17) is 9.97 Å². The van der Waals surface area contributed by atoms with Crippen LogP contribution in [0.5, 0.6) is 0 Å². The van der Waals surface area contributed by atoms with Crippen molar-refractivity contribution in [1.82, 2.24) is 18.8 Å². The van der Waals surface area contributed by atoms with Crippen molar-refractivity contribution in [3.05, 3.63) is 72.8 Å². The fraction of sp³-hybridized carbons (Fsp3) is 0. The first kappa shape index (κ1) is 12.1. The molecular weight excluding hydrogens is 296 g/mol. The Hall–Kier alpha value is -3.40. The van der Waals surface area contributed by atoms with Crippen molar-refractivity contribution in [3.63, 3.8) is 0 Å². The molecule has 4 heteroatoms. The number of aromatic nitrogens is 4. The first-order valence-corrected chi connectivity index (χ1v) is 7.97. The van der Waals surface area contributed by atoms with E-state index in [2.05, 4.69) is 63.4 Å². The Morgan fingerprint density at radius 2 is 1.12 bits per heavy atom.